The molecule has 0 amide bonds. The zero-order chi connectivity index (χ0) is 24.3. The van der Waals surface area contributed by atoms with Gasteiger partial charge < -0.3 is 13.6 Å². The monoisotopic (exact) mass is 514 g/mol. The number of hydrogen-bond donors (Lipinski definition) is 0. The first kappa shape index (κ1) is 31.9. The molecular weight excluding hydrogens is 463 g/mol. The van der Waals surface area contributed by atoms with Crippen LogP contribution in [0.5, 0.6) is 0 Å². The van der Waals surface area contributed by atoms with Crippen LogP contribution in [-0.2, 0) is 13.6 Å². The molecule has 0 rings (SSSR count). The van der Waals surface area contributed by atoms with Crippen molar-refractivity contribution in [3.05, 3.63) is 0 Å². The summed E-state index contributed by atoms with van der Waals surface area (Å²) in [5.74, 6) is 0. The SMILES string of the molecule is CC(C)(C)[Si](C)(C)OCCCCCC(Cl)OC(Cl)CCCCCO[Si](C)(C)C(C)(C)C. The van der Waals surface area contributed by atoms with Crippen LogP contribution in [0.2, 0.25) is 36.3 Å². The van der Waals surface area contributed by atoms with E-state index in [1.54, 1.807) is 0 Å². The molecule has 0 N–H and O–H groups in total. The predicted octanol–water partition coefficient (Wildman–Crippen LogP) is 9.30. The molecule has 0 aromatic carbocycles. The lowest BCUT2D eigenvalue weighted by Crippen LogP contribution is -2.40. The van der Waals surface area contributed by atoms with Crippen molar-refractivity contribution in [2.75, 3.05) is 13.2 Å². The zero-order valence-electron chi connectivity index (χ0n) is 22.2. The maximum absolute atomic E-state index is 6.33. The fourth-order valence-corrected chi connectivity index (χ4v) is 5.34. The lowest BCUT2D eigenvalue weighted by atomic mass is 10.2. The molecule has 0 radical (unpaired) electrons. The van der Waals surface area contributed by atoms with Gasteiger partial charge in [0.1, 0.15) is 11.1 Å². The van der Waals surface area contributed by atoms with E-state index in [9.17, 15) is 0 Å². The molecule has 0 saturated carbocycles. The van der Waals surface area contributed by atoms with Crippen LogP contribution in [0.15, 0.2) is 0 Å². The van der Waals surface area contributed by atoms with Crippen LogP contribution in [0.4, 0.5) is 0 Å². The molecule has 188 valence electrons. The van der Waals surface area contributed by atoms with Gasteiger partial charge in [-0.2, -0.15) is 0 Å². The standard InChI is InChI=1S/C24H52Cl2O3Si2/c1-23(2,3)30(7,8)27-19-15-11-13-17-21(25)29-22(26)18-14-12-16-20-28-31(9,10)24(4,5)6/h21-22H,11-20H2,1-10H3. The number of ether oxygens (including phenoxy) is 1. The Morgan fingerprint density at radius 3 is 1.19 bits per heavy atom. The van der Waals surface area contributed by atoms with Gasteiger partial charge in [-0.05, 0) is 74.8 Å². The second-order valence-electron chi connectivity index (χ2n) is 11.9. The highest BCUT2D eigenvalue weighted by atomic mass is 35.5. The molecule has 0 fully saturated rings. The van der Waals surface area contributed by atoms with Crippen LogP contribution in [0.25, 0.3) is 0 Å². The number of hydrogen-bond acceptors (Lipinski definition) is 3. The Kier molecular flexibility index (Phi) is 14.7. The van der Waals surface area contributed by atoms with E-state index < -0.39 is 16.6 Å². The number of rotatable bonds is 16. The van der Waals surface area contributed by atoms with Gasteiger partial charge in [0.2, 0.25) is 0 Å². The third kappa shape index (κ3) is 14.0. The molecular formula is C24H52Cl2O3Si2. The topological polar surface area (TPSA) is 27.7 Å². The molecule has 7 heteroatoms. The molecule has 0 saturated heterocycles. The number of unbranched alkanes of at least 4 members (excludes halogenated alkanes) is 4. The Balaban J connectivity index is 3.75. The summed E-state index contributed by atoms with van der Waals surface area (Å²) in [6.07, 6.45) is 8.16. The van der Waals surface area contributed by atoms with E-state index in [1.807, 2.05) is 0 Å². The normalized spacial score (nSPS) is 15.9. The molecule has 0 heterocycles. The summed E-state index contributed by atoms with van der Waals surface area (Å²) in [6, 6.07) is 0. The largest absolute Gasteiger partial charge is 0.417 e. The summed E-state index contributed by atoms with van der Waals surface area (Å²) in [6.45, 7) is 24.6. The molecule has 2 atom stereocenters. The van der Waals surface area contributed by atoms with E-state index in [2.05, 4.69) is 67.7 Å². The summed E-state index contributed by atoms with van der Waals surface area (Å²) >= 11 is 12.7. The smallest absolute Gasteiger partial charge is 0.191 e. The predicted molar refractivity (Wildman–Crippen MR) is 144 cm³/mol. The minimum absolute atomic E-state index is 0.273. The van der Waals surface area contributed by atoms with Gasteiger partial charge in [0.15, 0.2) is 16.6 Å². The first-order valence-corrected chi connectivity index (χ1v) is 18.9. The molecule has 0 aliphatic rings. The molecule has 0 aromatic rings. The molecule has 0 spiro atoms. The third-order valence-corrected chi connectivity index (χ3v) is 16.7. The molecule has 0 bridgehead atoms. The van der Waals surface area contributed by atoms with Crippen molar-refractivity contribution >= 4 is 39.8 Å². The summed E-state index contributed by atoms with van der Waals surface area (Å²) in [5, 5.41) is 0.546. The highest BCUT2D eigenvalue weighted by Crippen LogP contribution is 2.37. The maximum atomic E-state index is 6.33. The molecule has 0 aromatic heterocycles. The van der Waals surface area contributed by atoms with Gasteiger partial charge in [0.25, 0.3) is 0 Å². The van der Waals surface area contributed by atoms with Crippen molar-refractivity contribution in [3.63, 3.8) is 0 Å². The first-order chi connectivity index (χ1) is 14.0. The Morgan fingerprint density at radius 1 is 0.581 bits per heavy atom. The minimum Gasteiger partial charge on any atom is -0.417 e. The van der Waals surface area contributed by atoms with Crippen LogP contribution in [-0.4, -0.2) is 41.0 Å². The van der Waals surface area contributed by atoms with Gasteiger partial charge in [-0.25, -0.2) is 0 Å². The van der Waals surface area contributed by atoms with E-state index in [0.717, 1.165) is 64.6 Å². The average molecular weight is 516 g/mol. The van der Waals surface area contributed by atoms with Crippen molar-refractivity contribution < 1.29 is 13.6 Å². The van der Waals surface area contributed by atoms with Gasteiger partial charge in [-0.15, -0.1) is 0 Å². The van der Waals surface area contributed by atoms with Gasteiger partial charge in [0.05, 0.1) is 0 Å². The Morgan fingerprint density at radius 2 is 0.903 bits per heavy atom. The van der Waals surface area contributed by atoms with Crippen LogP contribution < -0.4 is 0 Å². The molecule has 31 heavy (non-hydrogen) atoms. The van der Waals surface area contributed by atoms with E-state index in [-0.39, 0.29) is 21.2 Å². The molecule has 0 aliphatic heterocycles. The highest BCUT2D eigenvalue weighted by molar-refractivity contribution is 6.74. The zero-order valence-corrected chi connectivity index (χ0v) is 25.7. The average Bonchev–Trinajstić information content (AvgIpc) is 2.58. The summed E-state index contributed by atoms with van der Waals surface area (Å²) in [5.41, 5.74) is -0.601. The second kappa shape index (κ2) is 14.3. The van der Waals surface area contributed by atoms with Gasteiger partial charge >= 0.3 is 0 Å². The van der Waals surface area contributed by atoms with Crippen molar-refractivity contribution in [2.45, 2.75) is 140 Å². The fraction of sp³-hybridized carbons (Fsp3) is 1.00. The molecule has 2 unspecified atom stereocenters. The van der Waals surface area contributed by atoms with Crippen molar-refractivity contribution in [1.29, 1.82) is 0 Å². The van der Waals surface area contributed by atoms with Crippen LogP contribution in [0.3, 0.4) is 0 Å². The number of alkyl halides is 2. The number of halogens is 2. The van der Waals surface area contributed by atoms with Crippen molar-refractivity contribution in [1.82, 2.24) is 0 Å². The van der Waals surface area contributed by atoms with Gasteiger partial charge in [0, 0.05) is 13.2 Å². The van der Waals surface area contributed by atoms with Gasteiger partial charge in [-0.3, -0.25) is 0 Å². The van der Waals surface area contributed by atoms with Gasteiger partial charge in [-0.1, -0.05) is 77.6 Å². The van der Waals surface area contributed by atoms with E-state index in [0.29, 0.717) is 0 Å². The van der Waals surface area contributed by atoms with Crippen LogP contribution in [0, 0.1) is 0 Å². The summed E-state index contributed by atoms with van der Waals surface area (Å²) < 4.78 is 18.2. The molecule has 3 nitrogen and oxygen atoms in total. The van der Waals surface area contributed by atoms with E-state index in [1.165, 1.54) is 0 Å². The van der Waals surface area contributed by atoms with Crippen LogP contribution >= 0.6 is 23.2 Å². The van der Waals surface area contributed by atoms with Crippen LogP contribution in [0.1, 0.15) is 92.9 Å². The lowest BCUT2D eigenvalue weighted by Gasteiger charge is -2.36. The Bertz CT molecular complexity index is 432. The highest BCUT2D eigenvalue weighted by Gasteiger charge is 2.37. The van der Waals surface area contributed by atoms with E-state index in [4.69, 9.17) is 36.8 Å². The quantitative estimate of drug-likeness (QED) is 0.116. The summed E-state index contributed by atoms with van der Waals surface area (Å²) in [7, 11) is -3.24. The molecule has 0 aliphatic carbocycles. The summed E-state index contributed by atoms with van der Waals surface area (Å²) in [4.78, 5) is 0. The van der Waals surface area contributed by atoms with Crippen molar-refractivity contribution in [2.24, 2.45) is 0 Å². The van der Waals surface area contributed by atoms with Crippen molar-refractivity contribution in [3.8, 4) is 0 Å². The van der Waals surface area contributed by atoms with E-state index >= 15 is 0 Å². The first-order valence-electron chi connectivity index (χ1n) is 12.2. The second-order valence-corrected chi connectivity index (χ2v) is 22.5. The fourth-order valence-electron chi connectivity index (χ4n) is 2.55. The lowest BCUT2D eigenvalue weighted by molar-refractivity contribution is 0.0686. The maximum Gasteiger partial charge on any atom is 0.191 e. The Labute approximate surface area is 206 Å². The minimum atomic E-state index is -1.62. The third-order valence-electron chi connectivity index (χ3n) is 6.98. The Hall–Kier alpha value is 0.894.